The van der Waals surface area contributed by atoms with E-state index in [4.69, 9.17) is 5.26 Å². The summed E-state index contributed by atoms with van der Waals surface area (Å²) in [5.41, 5.74) is 2.29. The normalized spacial score (nSPS) is 10.8. The minimum absolute atomic E-state index is 0.120. The van der Waals surface area contributed by atoms with Gasteiger partial charge in [-0.05, 0) is 49.7 Å². The van der Waals surface area contributed by atoms with Crippen LogP contribution < -0.4 is 4.72 Å². The van der Waals surface area contributed by atoms with Crippen LogP contribution in [0.25, 0.3) is 0 Å². The van der Waals surface area contributed by atoms with Gasteiger partial charge in [-0.25, -0.2) is 8.42 Å². The molecule has 1 aromatic heterocycles. The maximum Gasteiger partial charge on any atom is 0.261 e. The molecule has 1 aromatic carbocycles. The van der Waals surface area contributed by atoms with E-state index in [0.717, 1.165) is 5.69 Å². The number of hydrogen-bond acceptors (Lipinski definition) is 4. The number of sulfonamides is 1. The SMILES string of the molecule is Cc1ccc(NS(=O)(=O)c2ccc(C#N)c(C)c2)cn1. The van der Waals surface area contributed by atoms with Crippen LogP contribution in [0.15, 0.2) is 41.4 Å². The van der Waals surface area contributed by atoms with Gasteiger partial charge < -0.3 is 0 Å². The summed E-state index contributed by atoms with van der Waals surface area (Å²) in [6, 6.07) is 9.76. The highest BCUT2D eigenvalue weighted by Gasteiger charge is 2.15. The van der Waals surface area contributed by atoms with Gasteiger partial charge in [0.25, 0.3) is 10.0 Å². The first-order valence-corrected chi connectivity index (χ1v) is 7.37. The first-order chi connectivity index (χ1) is 9.42. The van der Waals surface area contributed by atoms with Crippen LogP contribution in [-0.4, -0.2) is 13.4 Å². The minimum Gasteiger partial charge on any atom is -0.278 e. The van der Waals surface area contributed by atoms with Crippen molar-refractivity contribution in [1.82, 2.24) is 4.98 Å². The van der Waals surface area contributed by atoms with Crippen molar-refractivity contribution in [2.75, 3.05) is 4.72 Å². The second-order valence-electron chi connectivity index (χ2n) is 4.38. The van der Waals surface area contributed by atoms with E-state index in [0.29, 0.717) is 16.8 Å². The molecule has 1 heterocycles. The van der Waals surface area contributed by atoms with E-state index in [-0.39, 0.29) is 4.90 Å². The molecule has 20 heavy (non-hydrogen) atoms. The molecule has 0 atom stereocenters. The van der Waals surface area contributed by atoms with Crippen LogP contribution in [0, 0.1) is 25.2 Å². The first-order valence-electron chi connectivity index (χ1n) is 5.88. The van der Waals surface area contributed by atoms with Crippen molar-refractivity contribution in [3.63, 3.8) is 0 Å². The Kier molecular flexibility index (Phi) is 3.72. The monoisotopic (exact) mass is 287 g/mol. The zero-order chi connectivity index (χ0) is 14.8. The van der Waals surface area contributed by atoms with Gasteiger partial charge in [-0.1, -0.05) is 0 Å². The maximum absolute atomic E-state index is 12.2. The van der Waals surface area contributed by atoms with Gasteiger partial charge >= 0.3 is 0 Å². The van der Waals surface area contributed by atoms with Crippen molar-refractivity contribution in [2.24, 2.45) is 0 Å². The highest BCUT2D eigenvalue weighted by atomic mass is 32.2. The Balaban J connectivity index is 2.33. The molecule has 1 N–H and O–H groups in total. The maximum atomic E-state index is 12.2. The molecule has 0 radical (unpaired) electrons. The largest absolute Gasteiger partial charge is 0.278 e. The van der Waals surface area contributed by atoms with Gasteiger partial charge in [0.1, 0.15) is 0 Å². The summed E-state index contributed by atoms with van der Waals surface area (Å²) in [7, 11) is -3.67. The van der Waals surface area contributed by atoms with Crippen molar-refractivity contribution in [1.29, 1.82) is 5.26 Å². The van der Waals surface area contributed by atoms with Crippen molar-refractivity contribution >= 4 is 15.7 Å². The third-order valence-electron chi connectivity index (χ3n) is 2.79. The summed E-state index contributed by atoms with van der Waals surface area (Å²) in [4.78, 5) is 4.15. The zero-order valence-corrected chi connectivity index (χ0v) is 11.9. The number of nitrogens with zero attached hydrogens (tertiary/aromatic N) is 2. The molecule has 6 heteroatoms. The molecule has 0 bridgehead atoms. The molecule has 0 saturated heterocycles. The van der Waals surface area contributed by atoms with Crippen LogP contribution in [-0.2, 0) is 10.0 Å². The molecule has 0 spiro atoms. The van der Waals surface area contributed by atoms with E-state index < -0.39 is 10.0 Å². The van der Waals surface area contributed by atoms with Crippen LogP contribution >= 0.6 is 0 Å². The second-order valence-corrected chi connectivity index (χ2v) is 6.06. The lowest BCUT2D eigenvalue weighted by atomic mass is 10.1. The molecule has 102 valence electrons. The molecule has 0 aliphatic heterocycles. The zero-order valence-electron chi connectivity index (χ0n) is 11.1. The van der Waals surface area contributed by atoms with Crippen LogP contribution in [0.2, 0.25) is 0 Å². The van der Waals surface area contributed by atoms with Crippen molar-refractivity contribution in [3.05, 3.63) is 53.3 Å². The Hall–Kier alpha value is -2.39. The summed E-state index contributed by atoms with van der Waals surface area (Å²) in [5.74, 6) is 0. The number of rotatable bonds is 3. The lowest BCUT2D eigenvalue weighted by Gasteiger charge is -2.09. The average Bonchev–Trinajstić information content (AvgIpc) is 2.41. The molecule has 0 aliphatic carbocycles. The van der Waals surface area contributed by atoms with Gasteiger partial charge in [0, 0.05) is 5.69 Å². The van der Waals surface area contributed by atoms with E-state index in [1.165, 1.54) is 24.4 Å². The Morgan fingerprint density at radius 3 is 2.50 bits per heavy atom. The standard InChI is InChI=1S/C14H13N3O2S/c1-10-7-14(6-4-12(10)8-15)20(18,19)17-13-5-3-11(2)16-9-13/h3-7,9,17H,1-2H3. The predicted molar refractivity (Wildman–Crippen MR) is 75.7 cm³/mol. The fourth-order valence-electron chi connectivity index (χ4n) is 1.67. The Morgan fingerprint density at radius 1 is 1.20 bits per heavy atom. The van der Waals surface area contributed by atoms with Gasteiger partial charge in [0.15, 0.2) is 0 Å². The molecule has 2 aromatic rings. The quantitative estimate of drug-likeness (QED) is 0.939. The third kappa shape index (κ3) is 2.95. The molecular weight excluding hydrogens is 274 g/mol. The molecule has 5 nitrogen and oxygen atoms in total. The van der Waals surface area contributed by atoms with Crippen molar-refractivity contribution < 1.29 is 8.42 Å². The van der Waals surface area contributed by atoms with E-state index in [1.807, 2.05) is 13.0 Å². The van der Waals surface area contributed by atoms with E-state index in [1.54, 1.807) is 19.1 Å². The highest BCUT2D eigenvalue weighted by molar-refractivity contribution is 7.92. The minimum atomic E-state index is -3.67. The van der Waals surface area contributed by atoms with Gasteiger partial charge in [0.05, 0.1) is 28.4 Å². The number of benzene rings is 1. The smallest absolute Gasteiger partial charge is 0.261 e. The topological polar surface area (TPSA) is 82.9 Å². The molecule has 2 rings (SSSR count). The van der Waals surface area contributed by atoms with Gasteiger partial charge in [-0.15, -0.1) is 0 Å². The summed E-state index contributed by atoms with van der Waals surface area (Å²) in [6.45, 7) is 3.52. The van der Waals surface area contributed by atoms with Crippen LogP contribution in [0.3, 0.4) is 0 Å². The molecule has 0 aliphatic rings. The van der Waals surface area contributed by atoms with E-state index in [9.17, 15) is 8.42 Å². The van der Waals surface area contributed by atoms with Crippen molar-refractivity contribution in [3.8, 4) is 6.07 Å². The first kappa shape index (κ1) is 14.0. The molecule has 0 unspecified atom stereocenters. The lowest BCUT2D eigenvalue weighted by molar-refractivity contribution is 0.601. The van der Waals surface area contributed by atoms with Gasteiger partial charge in [0.2, 0.25) is 0 Å². The average molecular weight is 287 g/mol. The summed E-state index contributed by atoms with van der Waals surface area (Å²) < 4.78 is 26.9. The third-order valence-corrected chi connectivity index (χ3v) is 4.17. The van der Waals surface area contributed by atoms with E-state index in [2.05, 4.69) is 9.71 Å². The Morgan fingerprint density at radius 2 is 1.95 bits per heavy atom. The number of hydrogen-bond donors (Lipinski definition) is 1. The molecule has 0 amide bonds. The molecule has 0 fully saturated rings. The number of aromatic nitrogens is 1. The van der Waals surface area contributed by atoms with E-state index >= 15 is 0 Å². The molecular formula is C14H13N3O2S. The number of nitriles is 1. The summed E-state index contributed by atoms with van der Waals surface area (Å²) >= 11 is 0. The fraction of sp³-hybridized carbons (Fsp3) is 0.143. The number of pyridine rings is 1. The predicted octanol–water partition coefficient (Wildman–Crippen LogP) is 2.37. The number of aryl methyl sites for hydroxylation is 2. The Labute approximate surface area is 118 Å². The van der Waals surface area contributed by atoms with Crippen molar-refractivity contribution in [2.45, 2.75) is 18.7 Å². The Bertz CT molecular complexity index is 775. The summed E-state index contributed by atoms with van der Waals surface area (Å²) in [5, 5.41) is 8.85. The van der Waals surface area contributed by atoms with Crippen LogP contribution in [0.1, 0.15) is 16.8 Å². The second kappa shape index (κ2) is 5.31. The number of nitrogens with one attached hydrogen (secondary N) is 1. The molecule has 0 saturated carbocycles. The van der Waals surface area contributed by atoms with Crippen LogP contribution in [0.4, 0.5) is 5.69 Å². The highest BCUT2D eigenvalue weighted by Crippen LogP contribution is 2.18. The number of anilines is 1. The summed E-state index contributed by atoms with van der Waals surface area (Å²) in [6.07, 6.45) is 1.46. The lowest BCUT2D eigenvalue weighted by Crippen LogP contribution is -2.13. The van der Waals surface area contributed by atoms with Gasteiger partial charge in [-0.3, -0.25) is 9.71 Å². The van der Waals surface area contributed by atoms with Gasteiger partial charge in [-0.2, -0.15) is 5.26 Å². The van der Waals surface area contributed by atoms with Crippen LogP contribution in [0.5, 0.6) is 0 Å². The fourth-order valence-corrected chi connectivity index (χ4v) is 2.80.